The highest BCUT2D eigenvalue weighted by molar-refractivity contribution is 7.46. The third kappa shape index (κ3) is 6.27. The smallest absolute Gasteiger partial charge is 0.466 e. The number of nitrogens with one attached hydrogen (secondary N) is 1. The second kappa shape index (κ2) is 10.7. The number of aromatic nitrogens is 8. The molecule has 6 rings (SSSR count). The number of aromatic amines is 1. The van der Waals surface area contributed by atoms with Crippen LogP contribution in [0.4, 0.5) is 27.6 Å². The molecule has 1 atom stereocenters. The van der Waals surface area contributed by atoms with Gasteiger partial charge in [-0.05, 0) is 6.07 Å². The molecule has 3 N–H and O–H groups in total. The molecule has 0 spiro atoms. The highest BCUT2D eigenvalue weighted by Crippen LogP contribution is 2.37. The van der Waals surface area contributed by atoms with Gasteiger partial charge in [0.1, 0.15) is 19.0 Å². The number of alkyl halides is 5. The van der Waals surface area contributed by atoms with Crippen LogP contribution in [0.2, 0.25) is 0 Å². The van der Waals surface area contributed by atoms with Crippen LogP contribution in [-0.4, -0.2) is 80.0 Å². The minimum absolute atomic E-state index is 0.0221. The molecule has 1 unspecified atom stereocenters. The average Bonchev–Trinajstić information content (AvgIpc) is 3.63. The SMILES string of the molecule is O=c1[nH]c(=O)n(COP(=O)(O)O)cc1-c1cc(N2CC(Oc3cc4c(cn3)cnn4CC(F)(F)F)C(F)(F)C2)c2nccn2n1. The molecule has 5 aromatic heterocycles. The Morgan fingerprint density at radius 1 is 1.16 bits per heavy atom. The lowest BCUT2D eigenvalue weighted by Gasteiger charge is -2.19. The Bertz CT molecular complexity index is 2090. The molecule has 22 heteroatoms. The summed E-state index contributed by atoms with van der Waals surface area (Å²) in [5, 5.41) is 8.15. The van der Waals surface area contributed by atoms with E-state index in [-0.39, 0.29) is 39.4 Å². The molecule has 5 aromatic rings. The van der Waals surface area contributed by atoms with Gasteiger partial charge in [0, 0.05) is 36.2 Å². The quantitative estimate of drug-likeness (QED) is 0.161. The van der Waals surface area contributed by atoms with E-state index in [2.05, 4.69) is 24.7 Å². The van der Waals surface area contributed by atoms with Crippen LogP contribution in [0.15, 0.2) is 52.7 Å². The van der Waals surface area contributed by atoms with E-state index in [0.717, 1.165) is 24.7 Å². The first-order chi connectivity index (χ1) is 21.1. The summed E-state index contributed by atoms with van der Waals surface area (Å²) >= 11 is 0. The highest BCUT2D eigenvalue weighted by Gasteiger charge is 2.51. The predicted molar refractivity (Wildman–Crippen MR) is 142 cm³/mol. The van der Waals surface area contributed by atoms with Crippen LogP contribution < -0.4 is 20.9 Å². The fourth-order valence-corrected chi connectivity index (χ4v) is 4.99. The van der Waals surface area contributed by atoms with Gasteiger partial charge in [-0.3, -0.25) is 23.6 Å². The van der Waals surface area contributed by atoms with Crippen molar-refractivity contribution in [2.24, 2.45) is 0 Å². The maximum absolute atomic E-state index is 15.3. The molecule has 0 bridgehead atoms. The number of phosphoric acid groups is 1. The Hall–Kier alpha value is -4.72. The van der Waals surface area contributed by atoms with Gasteiger partial charge in [0.2, 0.25) is 5.88 Å². The molecule has 1 saturated heterocycles. The van der Waals surface area contributed by atoms with E-state index < -0.39 is 63.6 Å². The topological polar surface area (TPSA) is 195 Å². The zero-order valence-electron chi connectivity index (χ0n) is 22.3. The number of fused-ring (bicyclic) bond motifs is 2. The van der Waals surface area contributed by atoms with Crippen molar-refractivity contribution in [1.82, 2.24) is 38.9 Å². The van der Waals surface area contributed by atoms with Crippen LogP contribution in [0.1, 0.15) is 0 Å². The highest BCUT2D eigenvalue weighted by atomic mass is 31.2. The molecule has 1 aliphatic heterocycles. The van der Waals surface area contributed by atoms with Gasteiger partial charge < -0.3 is 19.4 Å². The van der Waals surface area contributed by atoms with Crippen molar-refractivity contribution < 1.29 is 45.6 Å². The summed E-state index contributed by atoms with van der Waals surface area (Å²) in [6.07, 6.45) is -0.467. The average molecular weight is 659 g/mol. The number of phosphoric ester groups is 1. The molecule has 0 aliphatic carbocycles. The molecule has 0 amide bonds. The fraction of sp³-hybridized carbons (Fsp3) is 0.304. The van der Waals surface area contributed by atoms with E-state index >= 15 is 8.78 Å². The molecule has 0 saturated carbocycles. The number of hydrogen-bond donors (Lipinski definition) is 3. The number of hydrogen-bond acceptors (Lipinski definition) is 10. The maximum atomic E-state index is 15.3. The summed E-state index contributed by atoms with van der Waals surface area (Å²) in [7, 11) is -4.98. The molecule has 0 aromatic carbocycles. The van der Waals surface area contributed by atoms with E-state index in [1.807, 2.05) is 4.98 Å². The summed E-state index contributed by atoms with van der Waals surface area (Å²) < 4.78 is 92.9. The molecule has 16 nitrogen and oxygen atoms in total. The van der Waals surface area contributed by atoms with Crippen molar-refractivity contribution >= 4 is 30.1 Å². The molecule has 45 heavy (non-hydrogen) atoms. The van der Waals surface area contributed by atoms with Crippen molar-refractivity contribution in [1.29, 1.82) is 0 Å². The third-order valence-corrected chi connectivity index (χ3v) is 7.14. The second-order valence-electron chi connectivity index (χ2n) is 9.88. The second-order valence-corrected chi connectivity index (χ2v) is 11.1. The number of H-pyrrole nitrogens is 1. The van der Waals surface area contributed by atoms with Crippen LogP contribution in [0, 0.1) is 0 Å². The molecule has 1 fully saturated rings. The number of ether oxygens (including phenoxy) is 1. The van der Waals surface area contributed by atoms with Gasteiger partial charge in [-0.25, -0.2) is 32.6 Å². The zero-order chi connectivity index (χ0) is 32.3. The maximum Gasteiger partial charge on any atom is 0.471 e. The number of anilines is 1. The summed E-state index contributed by atoms with van der Waals surface area (Å²) in [6, 6.07) is 2.34. The van der Waals surface area contributed by atoms with Gasteiger partial charge in [0.05, 0.1) is 36.1 Å². The fourth-order valence-electron chi connectivity index (χ4n) is 4.71. The molecule has 1 aliphatic rings. The Morgan fingerprint density at radius 3 is 2.67 bits per heavy atom. The van der Waals surface area contributed by atoms with E-state index in [1.54, 1.807) is 0 Å². The van der Waals surface area contributed by atoms with Gasteiger partial charge in [0.15, 0.2) is 11.8 Å². The van der Waals surface area contributed by atoms with Crippen LogP contribution in [0.3, 0.4) is 0 Å². The van der Waals surface area contributed by atoms with Crippen LogP contribution in [0.25, 0.3) is 27.8 Å². The first kappa shape index (κ1) is 30.3. The Kier molecular flexibility index (Phi) is 7.22. The molecule has 6 heterocycles. The van der Waals surface area contributed by atoms with Crippen molar-refractivity contribution in [2.45, 2.75) is 31.5 Å². The Labute approximate surface area is 245 Å². The van der Waals surface area contributed by atoms with Gasteiger partial charge in [-0.2, -0.15) is 23.4 Å². The van der Waals surface area contributed by atoms with Crippen LogP contribution in [0.5, 0.6) is 5.88 Å². The lowest BCUT2D eigenvalue weighted by atomic mass is 10.2. The minimum Gasteiger partial charge on any atom is -0.466 e. The first-order valence-corrected chi connectivity index (χ1v) is 14.2. The van der Waals surface area contributed by atoms with E-state index in [0.29, 0.717) is 9.25 Å². The number of halogens is 5. The van der Waals surface area contributed by atoms with E-state index in [9.17, 15) is 27.3 Å². The lowest BCUT2D eigenvalue weighted by Crippen LogP contribution is -2.36. The molecular weight excluding hydrogens is 640 g/mol. The largest absolute Gasteiger partial charge is 0.471 e. The number of rotatable bonds is 8. The van der Waals surface area contributed by atoms with Gasteiger partial charge in [-0.15, -0.1) is 0 Å². The summed E-state index contributed by atoms with van der Waals surface area (Å²) in [4.78, 5) is 54.0. The lowest BCUT2D eigenvalue weighted by molar-refractivity contribution is -0.141. The minimum atomic E-state index is -4.98. The van der Waals surface area contributed by atoms with Gasteiger partial charge in [-0.1, -0.05) is 0 Å². The Morgan fingerprint density at radius 2 is 1.93 bits per heavy atom. The first-order valence-electron chi connectivity index (χ1n) is 12.6. The number of pyridine rings is 1. The van der Waals surface area contributed by atoms with Crippen LogP contribution >= 0.6 is 7.82 Å². The van der Waals surface area contributed by atoms with E-state index in [4.69, 9.17) is 14.5 Å². The number of imidazole rings is 1. The zero-order valence-corrected chi connectivity index (χ0v) is 23.2. The van der Waals surface area contributed by atoms with Crippen molar-refractivity contribution in [2.75, 3.05) is 18.0 Å². The molecule has 238 valence electrons. The standard InChI is InChI=1S/C23H19F5N9O7P/c24-22(25)9-34(8-17(22)44-18-4-15-12(5-30-18)6-31-37(15)10-23(26,27)28)16-3-14(33-36-2-1-29-19(16)36)13-7-35(11-43-45(40,41)42)21(39)32-20(13)38/h1-7,17H,8-11H2,(H,32,38,39)(H2,40,41,42). The Balaban J connectivity index is 1.32. The normalized spacial score (nSPS) is 17.0. The predicted octanol–water partition coefficient (Wildman–Crippen LogP) is 1.52. The third-order valence-electron chi connectivity index (χ3n) is 6.68. The van der Waals surface area contributed by atoms with Gasteiger partial charge in [0.25, 0.3) is 5.56 Å². The summed E-state index contributed by atoms with van der Waals surface area (Å²) in [6.45, 7) is -3.69. The van der Waals surface area contributed by atoms with E-state index in [1.165, 1.54) is 27.9 Å². The van der Waals surface area contributed by atoms with Gasteiger partial charge >= 0.3 is 25.6 Å². The van der Waals surface area contributed by atoms with Crippen molar-refractivity contribution in [3.63, 3.8) is 0 Å². The van der Waals surface area contributed by atoms with Crippen molar-refractivity contribution in [3.8, 4) is 17.1 Å². The monoisotopic (exact) mass is 659 g/mol. The molecule has 0 radical (unpaired) electrons. The van der Waals surface area contributed by atoms with Crippen LogP contribution in [-0.2, 0) is 22.4 Å². The summed E-state index contributed by atoms with van der Waals surface area (Å²) in [5.41, 5.74) is -2.22. The molecular formula is C23H19F5N9O7P. The number of nitrogens with zero attached hydrogens (tertiary/aromatic N) is 8. The van der Waals surface area contributed by atoms with Crippen molar-refractivity contribution in [3.05, 3.63) is 64.0 Å². The summed E-state index contributed by atoms with van der Waals surface area (Å²) in [5.74, 6) is -3.86.